The average Bonchev–Trinajstić information content (AvgIpc) is 2.67. The second-order valence-electron chi connectivity index (χ2n) is 6.53. The van der Waals surface area contributed by atoms with Crippen LogP contribution in [0.3, 0.4) is 0 Å². The van der Waals surface area contributed by atoms with Crippen LogP contribution in [0.15, 0.2) is 58.8 Å². The molecule has 0 amide bonds. The van der Waals surface area contributed by atoms with Gasteiger partial charge in [-0.15, -0.1) is 0 Å². The Morgan fingerprint density at radius 3 is 1.77 bits per heavy atom. The molecule has 2 aromatic carbocycles. The van der Waals surface area contributed by atoms with E-state index in [0.717, 1.165) is 24.5 Å². The van der Waals surface area contributed by atoms with Gasteiger partial charge >= 0.3 is 0 Å². The standard InChI is InChI=1S/C22H30N2O2/c1-2-3-4-5-6-7-8-9-18-26-22-16-12-20(13-17-22)24-23-19-10-14-21(25)15-11-19/h10-17,25H,2-9,18H2,1H3. The molecule has 0 saturated carbocycles. The molecule has 1 N–H and O–H groups in total. The number of phenolic OH excluding ortho intramolecular Hbond substituents is 1. The first-order valence-electron chi connectivity index (χ1n) is 9.71. The van der Waals surface area contributed by atoms with Gasteiger partial charge in [-0.3, -0.25) is 0 Å². The van der Waals surface area contributed by atoms with Gasteiger partial charge < -0.3 is 9.84 Å². The summed E-state index contributed by atoms with van der Waals surface area (Å²) < 4.78 is 5.78. The molecule has 0 fully saturated rings. The van der Waals surface area contributed by atoms with Gasteiger partial charge in [0.25, 0.3) is 0 Å². The third-order valence-electron chi connectivity index (χ3n) is 4.23. The second kappa shape index (κ2) is 12.1. The number of rotatable bonds is 12. The molecule has 0 unspecified atom stereocenters. The number of ether oxygens (including phenoxy) is 1. The van der Waals surface area contributed by atoms with Crippen LogP contribution in [0, 0.1) is 0 Å². The molecule has 0 aliphatic carbocycles. The lowest BCUT2D eigenvalue weighted by atomic mass is 10.1. The summed E-state index contributed by atoms with van der Waals surface area (Å²) in [5, 5.41) is 17.6. The summed E-state index contributed by atoms with van der Waals surface area (Å²) in [6.07, 6.45) is 10.4. The zero-order valence-electron chi connectivity index (χ0n) is 15.7. The van der Waals surface area contributed by atoms with E-state index in [1.54, 1.807) is 24.3 Å². The molecule has 0 aliphatic heterocycles. The van der Waals surface area contributed by atoms with Crippen molar-refractivity contribution in [1.29, 1.82) is 0 Å². The molecular weight excluding hydrogens is 324 g/mol. The number of aromatic hydroxyl groups is 1. The van der Waals surface area contributed by atoms with Gasteiger partial charge in [-0.25, -0.2) is 0 Å². The predicted octanol–water partition coefficient (Wildman–Crippen LogP) is 7.33. The highest BCUT2D eigenvalue weighted by molar-refractivity contribution is 5.43. The Hall–Kier alpha value is -2.36. The van der Waals surface area contributed by atoms with E-state index in [2.05, 4.69) is 17.2 Å². The van der Waals surface area contributed by atoms with Crippen LogP contribution in [0.4, 0.5) is 11.4 Å². The highest BCUT2D eigenvalue weighted by Crippen LogP contribution is 2.22. The van der Waals surface area contributed by atoms with E-state index in [-0.39, 0.29) is 5.75 Å². The van der Waals surface area contributed by atoms with Crippen LogP contribution >= 0.6 is 0 Å². The van der Waals surface area contributed by atoms with E-state index < -0.39 is 0 Å². The molecule has 0 saturated heterocycles. The van der Waals surface area contributed by atoms with E-state index in [9.17, 15) is 5.11 Å². The summed E-state index contributed by atoms with van der Waals surface area (Å²) >= 11 is 0. The first-order valence-corrected chi connectivity index (χ1v) is 9.71. The molecule has 0 radical (unpaired) electrons. The fraction of sp³-hybridized carbons (Fsp3) is 0.455. The third-order valence-corrected chi connectivity index (χ3v) is 4.23. The lowest BCUT2D eigenvalue weighted by Crippen LogP contribution is -1.96. The van der Waals surface area contributed by atoms with Gasteiger partial charge in [0.2, 0.25) is 0 Å². The van der Waals surface area contributed by atoms with Crippen molar-refractivity contribution < 1.29 is 9.84 Å². The molecule has 0 heterocycles. The first kappa shape index (κ1) is 20.0. The Balaban J connectivity index is 1.62. The zero-order valence-corrected chi connectivity index (χ0v) is 15.7. The van der Waals surface area contributed by atoms with Crippen molar-refractivity contribution in [2.24, 2.45) is 10.2 Å². The van der Waals surface area contributed by atoms with Crippen LogP contribution in [0.5, 0.6) is 11.5 Å². The minimum atomic E-state index is 0.224. The normalized spacial score (nSPS) is 11.1. The van der Waals surface area contributed by atoms with Crippen molar-refractivity contribution >= 4 is 11.4 Å². The number of hydrogen-bond acceptors (Lipinski definition) is 4. The number of azo groups is 1. The average molecular weight is 354 g/mol. The Bertz CT molecular complexity index is 636. The largest absolute Gasteiger partial charge is 0.508 e. The van der Waals surface area contributed by atoms with E-state index in [1.165, 1.54) is 44.9 Å². The highest BCUT2D eigenvalue weighted by atomic mass is 16.5. The van der Waals surface area contributed by atoms with Gasteiger partial charge in [-0.05, 0) is 55.0 Å². The molecule has 0 aromatic heterocycles. The molecule has 0 aliphatic rings. The summed E-state index contributed by atoms with van der Waals surface area (Å²) in [6, 6.07) is 14.3. The molecule has 0 atom stereocenters. The van der Waals surface area contributed by atoms with Gasteiger partial charge in [0.05, 0.1) is 18.0 Å². The minimum Gasteiger partial charge on any atom is -0.508 e. The minimum absolute atomic E-state index is 0.224. The van der Waals surface area contributed by atoms with Crippen LogP contribution in [-0.2, 0) is 0 Å². The predicted molar refractivity (Wildman–Crippen MR) is 107 cm³/mol. The molecule has 4 nitrogen and oxygen atoms in total. The first-order chi connectivity index (χ1) is 12.8. The van der Waals surface area contributed by atoms with Crippen molar-refractivity contribution in [2.75, 3.05) is 6.61 Å². The summed E-state index contributed by atoms with van der Waals surface area (Å²) in [7, 11) is 0. The van der Waals surface area contributed by atoms with Crippen molar-refractivity contribution in [3.63, 3.8) is 0 Å². The lowest BCUT2D eigenvalue weighted by molar-refractivity contribution is 0.304. The number of unbranched alkanes of at least 4 members (excludes halogenated alkanes) is 7. The second-order valence-corrected chi connectivity index (χ2v) is 6.53. The summed E-state index contributed by atoms with van der Waals surface area (Å²) in [4.78, 5) is 0. The van der Waals surface area contributed by atoms with Gasteiger partial charge in [0, 0.05) is 0 Å². The number of nitrogens with zero attached hydrogens (tertiary/aromatic N) is 2. The molecule has 0 bridgehead atoms. The zero-order chi connectivity index (χ0) is 18.5. The lowest BCUT2D eigenvalue weighted by Gasteiger charge is -2.06. The Morgan fingerprint density at radius 2 is 1.19 bits per heavy atom. The Morgan fingerprint density at radius 1 is 0.692 bits per heavy atom. The summed E-state index contributed by atoms with van der Waals surface area (Å²) in [5.74, 6) is 1.10. The van der Waals surface area contributed by atoms with E-state index in [1.807, 2.05) is 24.3 Å². The van der Waals surface area contributed by atoms with E-state index >= 15 is 0 Å². The van der Waals surface area contributed by atoms with E-state index in [4.69, 9.17) is 4.74 Å². The van der Waals surface area contributed by atoms with Crippen LogP contribution < -0.4 is 4.74 Å². The molecule has 140 valence electrons. The topological polar surface area (TPSA) is 54.2 Å². The van der Waals surface area contributed by atoms with Crippen molar-refractivity contribution in [3.05, 3.63) is 48.5 Å². The van der Waals surface area contributed by atoms with Crippen molar-refractivity contribution in [2.45, 2.75) is 58.3 Å². The fourth-order valence-electron chi connectivity index (χ4n) is 2.67. The molecular formula is C22H30N2O2. The molecule has 2 rings (SSSR count). The van der Waals surface area contributed by atoms with Crippen LogP contribution in [0.25, 0.3) is 0 Å². The quantitative estimate of drug-likeness (QED) is 0.320. The maximum Gasteiger partial charge on any atom is 0.119 e. The van der Waals surface area contributed by atoms with Crippen LogP contribution in [-0.4, -0.2) is 11.7 Å². The molecule has 2 aromatic rings. The smallest absolute Gasteiger partial charge is 0.119 e. The molecule has 0 spiro atoms. The Labute approximate surface area is 156 Å². The Kier molecular flexibility index (Phi) is 9.26. The SMILES string of the molecule is CCCCCCCCCCOc1ccc(N=Nc2ccc(O)cc2)cc1. The van der Waals surface area contributed by atoms with Gasteiger partial charge in [0.15, 0.2) is 0 Å². The van der Waals surface area contributed by atoms with Gasteiger partial charge in [-0.2, -0.15) is 10.2 Å². The number of hydrogen-bond donors (Lipinski definition) is 1. The van der Waals surface area contributed by atoms with E-state index in [0.29, 0.717) is 5.69 Å². The van der Waals surface area contributed by atoms with Crippen molar-refractivity contribution in [1.82, 2.24) is 0 Å². The number of benzene rings is 2. The maximum absolute atomic E-state index is 9.25. The summed E-state index contributed by atoms with van der Waals surface area (Å²) in [6.45, 7) is 3.02. The highest BCUT2D eigenvalue weighted by Gasteiger charge is 1.97. The molecule has 4 heteroatoms. The van der Waals surface area contributed by atoms with Crippen molar-refractivity contribution in [3.8, 4) is 11.5 Å². The fourth-order valence-corrected chi connectivity index (χ4v) is 2.67. The monoisotopic (exact) mass is 354 g/mol. The molecule has 26 heavy (non-hydrogen) atoms. The summed E-state index contributed by atoms with van der Waals surface area (Å²) in [5.41, 5.74) is 1.48. The third kappa shape index (κ3) is 8.15. The maximum atomic E-state index is 9.25. The van der Waals surface area contributed by atoms with Gasteiger partial charge in [-0.1, -0.05) is 51.9 Å². The van der Waals surface area contributed by atoms with Crippen LogP contribution in [0.1, 0.15) is 58.3 Å². The van der Waals surface area contributed by atoms with Gasteiger partial charge in [0.1, 0.15) is 11.5 Å². The van der Waals surface area contributed by atoms with Crippen LogP contribution in [0.2, 0.25) is 0 Å². The number of phenols is 1.